The van der Waals surface area contributed by atoms with E-state index in [4.69, 9.17) is 14.0 Å². The summed E-state index contributed by atoms with van der Waals surface area (Å²) in [5.74, 6) is 0.928. The average molecular weight is 393 g/mol. The highest BCUT2D eigenvalue weighted by atomic mass is 19.1. The van der Waals surface area contributed by atoms with E-state index in [1.165, 1.54) is 12.1 Å². The predicted octanol–water partition coefficient (Wildman–Crippen LogP) is 3.41. The van der Waals surface area contributed by atoms with E-state index in [9.17, 15) is 4.39 Å². The Morgan fingerprint density at radius 3 is 2.83 bits per heavy atom. The first-order valence-corrected chi connectivity index (χ1v) is 8.99. The Morgan fingerprint density at radius 1 is 1.17 bits per heavy atom. The van der Waals surface area contributed by atoms with Crippen molar-refractivity contribution in [2.75, 3.05) is 7.11 Å². The van der Waals surface area contributed by atoms with Gasteiger partial charge in [-0.1, -0.05) is 34.6 Å². The van der Waals surface area contributed by atoms with Crippen LogP contribution in [0.3, 0.4) is 0 Å². The molecule has 0 aliphatic carbocycles. The molecule has 4 aromatic rings. The van der Waals surface area contributed by atoms with E-state index in [1.54, 1.807) is 23.9 Å². The molecule has 146 valence electrons. The van der Waals surface area contributed by atoms with Gasteiger partial charge in [0.25, 0.3) is 5.89 Å². The van der Waals surface area contributed by atoms with Crippen LogP contribution in [-0.4, -0.2) is 32.2 Å². The summed E-state index contributed by atoms with van der Waals surface area (Å²) >= 11 is 0. The number of ether oxygens (including phenoxy) is 2. The van der Waals surface area contributed by atoms with Gasteiger partial charge in [0.05, 0.1) is 26.0 Å². The number of aromatic nitrogens is 5. The van der Waals surface area contributed by atoms with Crippen molar-refractivity contribution in [3.05, 3.63) is 65.6 Å². The van der Waals surface area contributed by atoms with Crippen LogP contribution in [0.4, 0.5) is 4.39 Å². The van der Waals surface area contributed by atoms with E-state index >= 15 is 0 Å². The van der Waals surface area contributed by atoms with Gasteiger partial charge >= 0.3 is 0 Å². The van der Waals surface area contributed by atoms with Crippen LogP contribution in [0.25, 0.3) is 23.0 Å². The third-order valence-corrected chi connectivity index (χ3v) is 4.80. The van der Waals surface area contributed by atoms with E-state index in [0.29, 0.717) is 24.4 Å². The molecule has 1 aliphatic rings. The van der Waals surface area contributed by atoms with Crippen molar-refractivity contribution >= 4 is 0 Å². The fourth-order valence-corrected chi connectivity index (χ4v) is 3.26. The minimum atomic E-state index is -0.368. The topological polar surface area (TPSA) is 88.1 Å². The third-order valence-electron chi connectivity index (χ3n) is 4.80. The van der Waals surface area contributed by atoms with Gasteiger partial charge in [-0.05, 0) is 29.8 Å². The number of rotatable bonds is 4. The first kappa shape index (κ1) is 17.5. The molecule has 29 heavy (non-hydrogen) atoms. The van der Waals surface area contributed by atoms with Gasteiger partial charge in [-0.2, -0.15) is 4.98 Å². The van der Waals surface area contributed by atoms with Gasteiger partial charge in [0.2, 0.25) is 5.82 Å². The first-order valence-electron chi connectivity index (χ1n) is 8.99. The summed E-state index contributed by atoms with van der Waals surface area (Å²) < 4.78 is 31.8. The van der Waals surface area contributed by atoms with Crippen LogP contribution in [-0.2, 0) is 17.9 Å². The Balaban J connectivity index is 1.39. The fraction of sp³-hybridized carbons (Fsp3) is 0.200. The predicted molar refractivity (Wildman–Crippen MR) is 99.2 cm³/mol. The molecule has 3 heterocycles. The lowest BCUT2D eigenvalue weighted by Crippen LogP contribution is -2.22. The van der Waals surface area contributed by atoms with Gasteiger partial charge in [-0.15, -0.1) is 5.10 Å². The van der Waals surface area contributed by atoms with Crippen molar-refractivity contribution in [3.63, 3.8) is 0 Å². The van der Waals surface area contributed by atoms with Crippen LogP contribution < -0.4 is 4.74 Å². The zero-order valence-electron chi connectivity index (χ0n) is 15.4. The van der Waals surface area contributed by atoms with E-state index in [1.807, 2.05) is 24.3 Å². The number of hydrogen-bond donors (Lipinski definition) is 0. The van der Waals surface area contributed by atoms with Crippen molar-refractivity contribution in [1.82, 2.24) is 25.1 Å². The summed E-state index contributed by atoms with van der Waals surface area (Å²) in [6.07, 6.45) is -0.145. The second kappa shape index (κ2) is 7.10. The van der Waals surface area contributed by atoms with Crippen molar-refractivity contribution in [2.45, 2.75) is 19.3 Å². The Bertz CT molecular complexity index is 1160. The molecule has 1 aliphatic heterocycles. The Morgan fingerprint density at radius 2 is 2.03 bits per heavy atom. The van der Waals surface area contributed by atoms with Crippen LogP contribution >= 0.6 is 0 Å². The van der Waals surface area contributed by atoms with Crippen LogP contribution in [0.15, 0.2) is 53.1 Å². The molecule has 0 fully saturated rings. The molecule has 0 spiro atoms. The number of fused-ring (bicyclic) bond motifs is 1. The third kappa shape index (κ3) is 3.25. The van der Waals surface area contributed by atoms with Crippen molar-refractivity contribution in [1.29, 1.82) is 0 Å². The lowest BCUT2D eigenvalue weighted by Gasteiger charge is -2.24. The summed E-state index contributed by atoms with van der Waals surface area (Å²) in [4.78, 5) is 4.34. The highest BCUT2D eigenvalue weighted by Crippen LogP contribution is 2.31. The van der Waals surface area contributed by atoms with Crippen molar-refractivity contribution in [3.8, 4) is 28.7 Å². The standard InChI is InChI=1S/C20H16FN5O3/c1-27-15-7-5-12(6-8-15)17-10-26-16(11-28-17)18(23-25-26)20-22-19(24-29-20)13-3-2-4-14(21)9-13/h2-9,17H,10-11H2,1H3. The lowest BCUT2D eigenvalue weighted by atomic mass is 10.1. The highest BCUT2D eigenvalue weighted by molar-refractivity contribution is 5.58. The number of hydrogen-bond acceptors (Lipinski definition) is 7. The minimum Gasteiger partial charge on any atom is -0.497 e. The first-order chi connectivity index (χ1) is 14.2. The molecular weight excluding hydrogens is 377 g/mol. The average Bonchev–Trinajstić information content (AvgIpc) is 3.40. The van der Waals surface area contributed by atoms with Crippen molar-refractivity contribution < 1.29 is 18.4 Å². The van der Waals surface area contributed by atoms with Gasteiger partial charge in [0.1, 0.15) is 17.7 Å². The van der Waals surface area contributed by atoms with Crippen LogP contribution in [0.5, 0.6) is 5.75 Å². The van der Waals surface area contributed by atoms with Gasteiger partial charge in [-0.3, -0.25) is 0 Å². The van der Waals surface area contributed by atoms with E-state index in [-0.39, 0.29) is 23.6 Å². The molecule has 5 rings (SSSR count). The maximum atomic E-state index is 13.4. The molecule has 0 amide bonds. The van der Waals surface area contributed by atoms with Gasteiger partial charge in [0, 0.05) is 5.56 Å². The molecular formula is C20H16FN5O3. The lowest BCUT2D eigenvalue weighted by molar-refractivity contribution is -0.00119. The maximum Gasteiger partial charge on any atom is 0.280 e. The second-order valence-corrected chi connectivity index (χ2v) is 6.57. The van der Waals surface area contributed by atoms with Gasteiger partial charge < -0.3 is 14.0 Å². The number of halogens is 1. The maximum absolute atomic E-state index is 13.4. The van der Waals surface area contributed by atoms with E-state index < -0.39 is 0 Å². The molecule has 2 aromatic carbocycles. The Hall–Kier alpha value is -3.59. The molecule has 1 unspecified atom stereocenters. The Kier molecular flexibility index (Phi) is 4.28. The summed E-state index contributed by atoms with van der Waals surface area (Å²) in [6, 6.07) is 13.7. The zero-order chi connectivity index (χ0) is 19.8. The molecule has 2 aromatic heterocycles. The highest BCUT2D eigenvalue weighted by Gasteiger charge is 2.28. The molecule has 0 saturated heterocycles. The number of benzene rings is 2. The summed E-state index contributed by atoms with van der Waals surface area (Å²) in [5, 5.41) is 12.3. The largest absolute Gasteiger partial charge is 0.497 e. The number of nitrogens with zero attached hydrogens (tertiary/aromatic N) is 5. The summed E-state index contributed by atoms with van der Waals surface area (Å²) in [7, 11) is 1.63. The molecule has 0 radical (unpaired) electrons. The summed E-state index contributed by atoms with van der Waals surface area (Å²) in [5.41, 5.74) is 2.77. The van der Waals surface area contributed by atoms with Gasteiger partial charge in [0.15, 0.2) is 5.69 Å². The quantitative estimate of drug-likeness (QED) is 0.525. The summed E-state index contributed by atoms with van der Waals surface area (Å²) in [6.45, 7) is 0.816. The zero-order valence-corrected chi connectivity index (χ0v) is 15.4. The molecule has 1 atom stereocenters. The van der Waals surface area contributed by atoms with E-state index in [0.717, 1.165) is 17.0 Å². The monoisotopic (exact) mass is 393 g/mol. The van der Waals surface area contributed by atoms with Crippen molar-refractivity contribution in [2.24, 2.45) is 0 Å². The minimum absolute atomic E-state index is 0.145. The molecule has 0 N–H and O–H groups in total. The smallest absolute Gasteiger partial charge is 0.280 e. The second-order valence-electron chi connectivity index (χ2n) is 6.57. The normalized spacial score (nSPS) is 15.9. The SMILES string of the molecule is COc1ccc(C2Cn3nnc(-c4nc(-c5cccc(F)c5)no4)c3CO2)cc1. The Labute approximate surface area is 164 Å². The molecule has 0 saturated carbocycles. The number of methoxy groups -OCH3 is 1. The fourth-order valence-electron chi connectivity index (χ4n) is 3.26. The molecule has 8 nitrogen and oxygen atoms in total. The van der Waals surface area contributed by atoms with Crippen LogP contribution in [0.2, 0.25) is 0 Å². The molecule has 9 heteroatoms. The molecule has 0 bridgehead atoms. The van der Waals surface area contributed by atoms with Crippen LogP contribution in [0, 0.1) is 5.82 Å². The van der Waals surface area contributed by atoms with E-state index in [2.05, 4.69) is 20.5 Å². The van der Waals surface area contributed by atoms with Crippen LogP contribution in [0.1, 0.15) is 17.4 Å². The van der Waals surface area contributed by atoms with Gasteiger partial charge in [-0.25, -0.2) is 9.07 Å².